The number of piperazine rings is 1. The predicted molar refractivity (Wildman–Crippen MR) is 68.9 cm³/mol. The van der Waals surface area contributed by atoms with Gasteiger partial charge in [-0.3, -0.25) is 4.79 Å². The molecule has 0 aliphatic carbocycles. The van der Waals surface area contributed by atoms with Crippen LogP contribution in [0.5, 0.6) is 0 Å². The molecule has 2 unspecified atom stereocenters. The Hall–Kier alpha value is -1.55. The van der Waals surface area contributed by atoms with Crippen molar-refractivity contribution in [1.29, 1.82) is 0 Å². The van der Waals surface area contributed by atoms with Gasteiger partial charge in [-0.1, -0.05) is 18.2 Å². The lowest BCUT2D eigenvalue weighted by Gasteiger charge is -2.41. The van der Waals surface area contributed by atoms with E-state index >= 15 is 0 Å². The average molecular weight is 233 g/mol. The first-order chi connectivity index (χ1) is 8.24. The lowest BCUT2D eigenvalue weighted by Crippen LogP contribution is -2.60. The molecule has 17 heavy (non-hydrogen) atoms. The van der Waals surface area contributed by atoms with E-state index in [9.17, 15) is 4.79 Å². The standard InChI is InChI=1S/C13H19N3O/c1-10-9-15-13(17)12(7-8-14)16(10)11-5-3-2-4-6-11/h2-6,10,12H,7-9,14H2,1H3,(H,15,17). The van der Waals surface area contributed by atoms with Gasteiger partial charge in [0.05, 0.1) is 0 Å². The lowest BCUT2D eigenvalue weighted by molar-refractivity contribution is -0.123. The minimum absolute atomic E-state index is 0.0809. The summed E-state index contributed by atoms with van der Waals surface area (Å²) in [6, 6.07) is 10.2. The molecular formula is C13H19N3O. The van der Waals surface area contributed by atoms with Crippen LogP contribution in [0.1, 0.15) is 13.3 Å². The number of hydrogen-bond acceptors (Lipinski definition) is 3. The van der Waals surface area contributed by atoms with Crippen molar-refractivity contribution in [3.63, 3.8) is 0 Å². The Kier molecular flexibility index (Phi) is 3.64. The molecule has 2 atom stereocenters. The van der Waals surface area contributed by atoms with E-state index in [1.807, 2.05) is 30.3 Å². The van der Waals surface area contributed by atoms with Crippen molar-refractivity contribution in [1.82, 2.24) is 5.32 Å². The third-order valence-corrected chi connectivity index (χ3v) is 3.18. The third kappa shape index (κ3) is 2.42. The zero-order chi connectivity index (χ0) is 12.3. The molecule has 0 radical (unpaired) electrons. The van der Waals surface area contributed by atoms with Crippen molar-refractivity contribution in [2.24, 2.45) is 5.73 Å². The van der Waals surface area contributed by atoms with Crippen LogP contribution in [0.4, 0.5) is 5.69 Å². The Bertz CT molecular complexity index is 380. The molecule has 1 aliphatic rings. The van der Waals surface area contributed by atoms with Crippen LogP contribution in [0.3, 0.4) is 0 Å². The van der Waals surface area contributed by atoms with Crippen molar-refractivity contribution < 1.29 is 4.79 Å². The van der Waals surface area contributed by atoms with Crippen molar-refractivity contribution in [2.45, 2.75) is 25.4 Å². The summed E-state index contributed by atoms with van der Waals surface area (Å²) in [6.07, 6.45) is 0.686. The van der Waals surface area contributed by atoms with Gasteiger partial charge in [-0.05, 0) is 32.0 Å². The number of hydrogen-bond donors (Lipinski definition) is 2. The van der Waals surface area contributed by atoms with E-state index in [4.69, 9.17) is 5.73 Å². The molecular weight excluding hydrogens is 214 g/mol. The van der Waals surface area contributed by atoms with Gasteiger partial charge in [0, 0.05) is 18.3 Å². The zero-order valence-corrected chi connectivity index (χ0v) is 10.1. The van der Waals surface area contributed by atoms with Gasteiger partial charge in [-0.25, -0.2) is 0 Å². The number of rotatable bonds is 3. The van der Waals surface area contributed by atoms with Gasteiger partial charge in [0.25, 0.3) is 0 Å². The first kappa shape index (κ1) is 11.9. The quantitative estimate of drug-likeness (QED) is 0.809. The molecule has 1 fully saturated rings. The van der Waals surface area contributed by atoms with Gasteiger partial charge in [0.1, 0.15) is 6.04 Å². The molecule has 1 aliphatic heterocycles. The fourth-order valence-corrected chi connectivity index (χ4v) is 2.36. The molecule has 3 N–H and O–H groups in total. The van der Waals surface area contributed by atoms with E-state index in [1.54, 1.807) is 0 Å². The van der Waals surface area contributed by atoms with Crippen molar-refractivity contribution >= 4 is 11.6 Å². The summed E-state index contributed by atoms with van der Waals surface area (Å²) in [5.74, 6) is 0.0809. The Labute approximate surface area is 102 Å². The zero-order valence-electron chi connectivity index (χ0n) is 10.1. The van der Waals surface area contributed by atoms with Gasteiger partial charge in [-0.15, -0.1) is 0 Å². The summed E-state index contributed by atoms with van der Waals surface area (Å²) in [7, 11) is 0. The first-order valence-electron chi connectivity index (χ1n) is 6.05. The maximum absolute atomic E-state index is 11.9. The Morgan fingerprint density at radius 3 is 2.76 bits per heavy atom. The van der Waals surface area contributed by atoms with Crippen LogP contribution in [-0.2, 0) is 4.79 Å². The number of nitrogens with zero attached hydrogens (tertiary/aromatic N) is 1. The number of nitrogens with two attached hydrogens (primary N) is 1. The molecule has 1 aromatic rings. The summed E-state index contributed by atoms with van der Waals surface area (Å²) in [6.45, 7) is 3.33. The van der Waals surface area contributed by atoms with E-state index in [-0.39, 0.29) is 11.9 Å². The molecule has 4 nitrogen and oxygen atoms in total. The highest BCUT2D eigenvalue weighted by molar-refractivity contribution is 5.86. The number of carbonyl (C=O) groups excluding carboxylic acids is 1. The smallest absolute Gasteiger partial charge is 0.242 e. The van der Waals surface area contributed by atoms with Crippen LogP contribution < -0.4 is 16.0 Å². The van der Waals surface area contributed by atoms with Crippen LogP contribution in [-0.4, -0.2) is 31.1 Å². The SMILES string of the molecule is CC1CNC(=O)C(CCN)N1c1ccccc1. The van der Waals surface area contributed by atoms with E-state index in [2.05, 4.69) is 17.1 Å². The van der Waals surface area contributed by atoms with Gasteiger partial charge >= 0.3 is 0 Å². The molecule has 1 amide bonds. The molecule has 0 saturated carbocycles. The second-order valence-electron chi connectivity index (χ2n) is 4.43. The number of benzene rings is 1. The molecule has 4 heteroatoms. The summed E-state index contributed by atoms with van der Waals surface area (Å²) in [4.78, 5) is 14.1. The molecule has 1 aromatic carbocycles. The fraction of sp³-hybridized carbons (Fsp3) is 0.462. The number of amides is 1. The topological polar surface area (TPSA) is 58.4 Å². The first-order valence-corrected chi connectivity index (χ1v) is 6.05. The summed E-state index contributed by atoms with van der Waals surface area (Å²) in [5.41, 5.74) is 6.69. The predicted octanol–water partition coefficient (Wildman–Crippen LogP) is 0.729. The molecule has 1 heterocycles. The summed E-state index contributed by atoms with van der Waals surface area (Å²) >= 11 is 0. The van der Waals surface area contributed by atoms with Gasteiger partial charge < -0.3 is 16.0 Å². The molecule has 2 rings (SSSR count). The normalized spacial score (nSPS) is 24.6. The molecule has 0 spiro atoms. The third-order valence-electron chi connectivity index (χ3n) is 3.18. The maximum Gasteiger partial charge on any atom is 0.242 e. The maximum atomic E-state index is 11.9. The van der Waals surface area contributed by atoms with Crippen LogP contribution in [0.25, 0.3) is 0 Å². The van der Waals surface area contributed by atoms with E-state index in [0.29, 0.717) is 25.6 Å². The molecule has 0 bridgehead atoms. The second kappa shape index (κ2) is 5.19. The average Bonchev–Trinajstić information content (AvgIpc) is 2.35. The van der Waals surface area contributed by atoms with E-state index in [1.165, 1.54) is 0 Å². The molecule has 0 aromatic heterocycles. The van der Waals surface area contributed by atoms with Crippen molar-refractivity contribution in [3.05, 3.63) is 30.3 Å². The van der Waals surface area contributed by atoms with Crippen LogP contribution in [0.15, 0.2) is 30.3 Å². The lowest BCUT2D eigenvalue weighted by atomic mass is 10.0. The van der Waals surface area contributed by atoms with Crippen LogP contribution >= 0.6 is 0 Å². The van der Waals surface area contributed by atoms with Crippen molar-refractivity contribution in [3.8, 4) is 0 Å². The summed E-state index contributed by atoms with van der Waals surface area (Å²) < 4.78 is 0. The number of nitrogens with one attached hydrogen (secondary N) is 1. The summed E-state index contributed by atoms with van der Waals surface area (Å²) in [5, 5.41) is 2.93. The Balaban J connectivity index is 2.28. The number of carbonyl (C=O) groups is 1. The fourth-order valence-electron chi connectivity index (χ4n) is 2.36. The Morgan fingerprint density at radius 2 is 2.12 bits per heavy atom. The monoisotopic (exact) mass is 233 g/mol. The second-order valence-corrected chi connectivity index (χ2v) is 4.43. The van der Waals surface area contributed by atoms with Crippen LogP contribution in [0.2, 0.25) is 0 Å². The van der Waals surface area contributed by atoms with Crippen molar-refractivity contribution in [2.75, 3.05) is 18.0 Å². The minimum Gasteiger partial charge on any atom is -0.355 e. The minimum atomic E-state index is -0.147. The number of para-hydroxylation sites is 1. The molecule has 1 saturated heterocycles. The van der Waals surface area contributed by atoms with E-state index < -0.39 is 0 Å². The number of anilines is 1. The van der Waals surface area contributed by atoms with Gasteiger partial charge in [0.15, 0.2) is 0 Å². The molecule has 92 valence electrons. The largest absolute Gasteiger partial charge is 0.355 e. The van der Waals surface area contributed by atoms with Gasteiger partial charge in [0.2, 0.25) is 5.91 Å². The Morgan fingerprint density at radius 1 is 1.41 bits per heavy atom. The van der Waals surface area contributed by atoms with E-state index in [0.717, 1.165) is 5.69 Å². The van der Waals surface area contributed by atoms with Crippen LogP contribution in [0, 0.1) is 0 Å². The highest BCUT2D eigenvalue weighted by Crippen LogP contribution is 2.23. The highest BCUT2D eigenvalue weighted by atomic mass is 16.2. The highest BCUT2D eigenvalue weighted by Gasteiger charge is 2.33. The van der Waals surface area contributed by atoms with Gasteiger partial charge in [-0.2, -0.15) is 0 Å².